The second-order valence-electron chi connectivity index (χ2n) is 3.14. The van der Waals surface area contributed by atoms with Crippen LogP contribution in [0.3, 0.4) is 0 Å². The Hall–Kier alpha value is -1.36. The molecule has 1 heterocycles. The van der Waals surface area contributed by atoms with Crippen LogP contribution in [0.4, 0.5) is 0 Å². The molecule has 0 radical (unpaired) electrons. The molecular formula is C9H10N2O2S. The molecule has 1 aliphatic heterocycles. The molecule has 0 aliphatic carbocycles. The van der Waals surface area contributed by atoms with Gasteiger partial charge in [0, 0.05) is 12.0 Å². The SMILES string of the molecule is NN=C1CCS(=O)(=O)c2ccccc21. The Morgan fingerprint density at radius 2 is 2.00 bits per heavy atom. The Kier molecular flexibility index (Phi) is 2.03. The number of hydrogen-bond acceptors (Lipinski definition) is 4. The van der Waals surface area contributed by atoms with Crippen LogP contribution in [0.25, 0.3) is 0 Å². The number of hydrazone groups is 1. The molecule has 0 amide bonds. The predicted octanol–water partition coefficient (Wildman–Crippen LogP) is 0.527. The highest BCUT2D eigenvalue weighted by Crippen LogP contribution is 2.24. The number of sulfone groups is 1. The van der Waals surface area contributed by atoms with E-state index in [1.54, 1.807) is 24.3 Å². The van der Waals surface area contributed by atoms with Crippen LogP contribution in [0.1, 0.15) is 12.0 Å². The summed E-state index contributed by atoms with van der Waals surface area (Å²) in [5.74, 6) is 5.30. The van der Waals surface area contributed by atoms with Crippen LogP contribution in [0.2, 0.25) is 0 Å². The summed E-state index contributed by atoms with van der Waals surface area (Å²) in [4.78, 5) is 0.343. The van der Waals surface area contributed by atoms with Gasteiger partial charge in [0.25, 0.3) is 0 Å². The van der Waals surface area contributed by atoms with Gasteiger partial charge >= 0.3 is 0 Å². The molecule has 1 aliphatic rings. The highest BCUT2D eigenvalue weighted by Gasteiger charge is 2.26. The second kappa shape index (κ2) is 3.09. The number of hydrogen-bond donors (Lipinski definition) is 1. The first-order chi connectivity index (χ1) is 6.65. The minimum absolute atomic E-state index is 0.0973. The summed E-state index contributed by atoms with van der Waals surface area (Å²) in [6, 6.07) is 6.81. The number of benzene rings is 1. The third-order valence-corrected chi connectivity index (χ3v) is 4.06. The first-order valence-corrected chi connectivity index (χ1v) is 5.89. The van der Waals surface area contributed by atoms with Crippen LogP contribution in [-0.2, 0) is 9.84 Å². The maximum atomic E-state index is 11.6. The molecule has 0 bridgehead atoms. The van der Waals surface area contributed by atoms with Crippen molar-refractivity contribution in [2.45, 2.75) is 11.3 Å². The number of nitrogens with two attached hydrogens (primary N) is 1. The van der Waals surface area contributed by atoms with Gasteiger partial charge in [-0.25, -0.2) is 8.42 Å². The fraction of sp³-hybridized carbons (Fsp3) is 0.222. The second-order valence-corrected chi connectivity index (χ2v) is 5.22. The van der Waals surface area contributed by atoms with Crippen LogP contribution in [0.5, 0.6) is 0 Å². The van der Waals surface area contributed by atoms with Gasteiger partial charge in [-0.1, -0.05) is 18.2 Å². The van der Waals surface area contributed by atoms with Crippen molar-refractivity contribution in [2.24, 2.45) is 10.9 Å². The molecule has 1 aromatic carbocycles. The van der Waals surface area contributed by atoms with Gasteiger partial charge in [0.05, 0.1) is 16.4 Å². The molecule has 0 fully saturated rings. The molecule has 0 unspecified atom stereocenters. The molecule has 14 heavy (non-hydrogen) atoms. The van der Waals surface area contributed by atoms with E-state index < -0.39 is 9.84 Å². The number of nitrogens with zero attached hydrogens (tertiary/aromatic N) is 1. The molecule has 1 aromatic rings. The molecule has 74 valence electrons. The lowest BCUT2D eigenvalue weighted by atomic mass is 10.1. The van der Waals surface area contributed by atoms with Crippen molar-refractivity contribution in [3.63, 3.8) is 0 Å². The molecule has 0 saturated heterocycles. The van der Waals surface area contributed by atoms with Crippen molar-refractivity contribution in [3.05, 3.63) is 29.8 Å². The molecule has 4 nitrogen and oxygen atoms in total. The van der Waals surface area contributed by atoms with Crippen LogP contribution in [-0.4, -0.2) is 19.9 Å². The summed E-state index contributed by atoms with van der Waals surface area (Å²) in [5, 5.41) is 3.61. The monoisotopic (exact) mass is 210 g/mol. The van der Waals surface area contributed by atoms with Gasteiger partial charge in [0.2, 0.25) is 0 Å². The van der Waals surface area contributed by atoms with E-state index in [1.807, 2.05) is 0 Å². The Morgan fingerprint density at radius 1 is 1.29 bits per heavy atom. The molecule has 2 rings (SSSR count). The van der Waals surface area contributed by atoms with E-state index in [-0.39, 0.29) is 5.75 Å². The van der Waals surface area contributed by atoms with E-state index in [9.17, 15) is 8.42 Å². The predicted molar refractivity (Wildman–Crippen MR) is 53.8 cm³/mol. The topological polar surface area (TPSA) is 72.5 Å². The Bertz CT molecular complexity index is 491. The first kappa shape index (κ1) is 9.21. The van der Waals surface area contributed by atoms with Crippen molar-refractivity contribution in [3.8, 4) is 0 Å². The van der Waals surface area contributed by atoms with E-state index >= 15 is 0 Å². The van der Waals surface area contributed by atoms with Crippen molar-refractivity contribution < 1.29 is 8.42 Å². The Balaban J connectivity index is 2.73. The molecule has 0 spiro atoms. The molecule has 0 atom stereocenters. The van der Waals surface area contributed by atoms with Gasteiger partial charge in [-0.3, -0.25) is 0 Å². The van der Waals surface area contributed by atoms with Crippen molar-refractivity contribution in [2.75, 3.05) is 5.75 Å². The lowest BCUT2D eigenvalue weighted by molar-refractivity contribution is 0.594. The average molecular weight is 210 g/mol. The quantitative estimate of drug-likeness (QED) is 0.501. The summed E-state index contributed by atoms with van der Waals surface area (Å²) >= 11 is 0. The molecule has 0 aromatic heterocycles. The lowest BCUT2D eigenvalue weighted by Gasteiger charge is -2.16. The van der Waals surface area contributed by atoms with Crippen molar-refractivity contribution >= 4 is 15.5 Å². The van der Waals surface area contributed by atoms with E-state index in [4.69, 9.17) is 5.84 Å². The van der Waals surface area contributed by atoms with Crippen LogP contribution in [0, 0.1) is 0 Å². The first-order valence-electron chi connectivity index (χ1n) is 4.24. The maximum Gasteiger partial charge on any atom is 0.179 e. The van der Waals surface area contributed by atoms with E-state index in [1.165, 1.54) is 0 Å². The minimum Gasteiger partial charge on any atom is -0.323 e. The van der Waals surface area contributed by atoms with Crippen molar-refractivity contribution in [1.82, 2.24) is 0 Å². The van der Waals surface area contributed by atoms with E-state index in [0.29, 0.717) is 22.6 Å². The fourth-order valence-corrected chi connectivity index (χ4v) is 3.07. The summed E-state index contributed by atoms with van der Waals surface area (Å²) in [7, 11) is -3.12. The zero-order valence-corrected chi connectivity index (χ0v) is 8.29. The van der Waals surface area contributed by atoms with Gasteiger partial charge in [-0.15, -0.1) is 0 Å². The maximum absolute atomic E-state index is 11.6. The summed E-state index contributed by atoms with van der Waals surface area (Å²) in [6.45, 7) is 0. The third kappa shape index (κ3) is 1.29. The van der Waals surface area contributed by atoms with E-state index in [0.717, 1.165) is 0 Å². The number of rotatable bonds is 0. The van der Waals surface area contributed by atoms with E-state index in [2.05, 4.69) is 5.10 Å². The van der Waals surface area contributed by atoms with Gasteiger partial charge in [0.1, 0.15) is 0 Å². The zero-order chi connectivity index (χ0) is 10.2. The normalized spacial score (nSPS) is 21.9. The van der Waals surface area contributed by atoms with Gasteiger partial charge < -0.3 is 5.84 Å². The molecule has 5 heteroatoms. The Labute approximate surface area is 82.4 Å². The fourth-order valence-electron chi connectivity index (χ4n) is 1.59. The van der Waals surface area contributed by atoms with Crippen LogP contribution < -0.4 is 5.84 Å². The van der Waals surface area contributed by atoms with Gasteiger partial charge in [-0.05, 0) is 6.07 Å². The van der Waals surface area contributed by atoms with Gasteiger partial charge in [-0.2, -0.15) is 5.10 Å². The number of fused-ring (bicyclic) bond motifs is 1. The van der Waals surface area contributed by atoms with Crippen LogP contribution in [0.15, 0.2) is 34.3 Å². The summed E-state index contributed by atoms with van der Waals surface area (Å²) in [6.07, 6.45) is 0.399. The summed E-state index contributed by atoms with van der Waals surface area (Å²) < 4.78 is 23.3. The van der Waals surface area contributed by atoms with Gasteiger partial charge in [0.15, 0.2) is 9.84 Å². The smallest absolute Gasteiger partial charge is 0.179 e. The third-order valence-electron chi connectivity index (χ3n) is 2.30. The largest absolute Gasteiger partial charge is 0.323 e. The zero-order valence-electron chi connectivity index (χ0n) is 7.47. The Morgan fingerprint density at radius 3 is 2.71 bits per heavy atom. The summed E-state index contributed by atoms with van der Waals surface area (Å²) in [5.41, 5.74) is 1.30. The highest BCUT2D eigenvalue weighted by molar-refractivity contribution is 7.91. The molecule has 0 saturated carbocycles. The van der Waals surface area contributed by atoms with Crippen LogP contribution >= 0.6 is 0 Å². The highest BCUT2D eigenvalue weighted by atomic mass is 32.2. The average Bonchev–Trinajstić information content (AvgIpc) is 2.18. The molecular weight excluding hydrogens is 200 g/mol. The molecule has 2 N–H and O–H groups in total. The minimum atomic E-state index is -3.12. The van der Waals surface area contributed by atoms with Crippen molar-refractivity contribution in [1.29, 1.82) is 0 Å². The lowest BCUT2D eigenvalue weighted by Crippen LogP contribution is -2.22. The standard InChI is InChI=1S/C9H10N2O2S/c10-11-8-5-6-14(12,13)9-4-2-1-3-7(8)9/h1-4H,5-6,10H2.